The molecule has 0 spiro atoms. The van der Waals surface area contributed by atoms with Crippen LogP contribution in [0.3, 0.4) is 0 Å². The van der Waals surface area contributed by atoms with Crippen molar-refractivity contribution >= 4 is 22.0 Å². The number of amides is 2. The van der Waals surface area contributed by atoms with Crippen molar-refractivity contribution in [3.05, 3.63) is 35.4 Å². The van der Waals surface area contributed by atoms with Gasteiger partial charge in [0.05, 0.1) is 0 Å². The Hall–Kier alpha value is -1.97. The van der Waals surface area contributed by atoms with Crippen LogP contribution < -0.4 is 5.32 Å². The van der Waals surface area contributed by atoms with Crippen LogP contribution in [0, 0.1) is 0 Å². The number of piperazine rings is 1. The third kappa shape index (κ3) is 4.77. The smallest absolute Gasteiger partial charge is 0.281 e. The topological polar surface area (TPSA) is 90.0 Å². The van der Waals surface area contributed by atoms with E-state index in [2.05, 4.69) is 5.32 Å². The Morgan fingerprint density at radius 3 is 2.12 bits per heavy atom. The van der Waals surface area contributed by atoms with Crippen molar-refractivity contribution in [2.75, 3.05) is 40.3 Å². The molecule has 1 aromatic carbocycles. The Bertz CT molecular complexity index is 723. The van der Waals surface area contributed by atoms with Gasteiger partial charge in [0.15, 0.2) is 0 Å². The maximum atomic E-state index is 12.5. The molecular weight excluding hydrogens is 344 g/mol. The first-order valence-corrected chi connectivity index (χ1v) is 9.42. The highest BCUT2D eigenvalue weighted by Gasteiger charge is 2.30. The van der Waals surface area contributed by atoms with E-state index < -0.39 is 10.2 Å². The maximum absolute atomic E-state index is 12.5. The number of nitrogens with one attached hydrogen (secondary N) is 1. The van der Waals surface area contributed by atoms with Crippen LogP contribution in [0.25, 0.3) is 0 Å². The van der Waals surface area contributed by atoms with Gasteiger partial charge in [-0.3, -0.25) is 9.59 Å². The van der Waals surface area contributed by atoms with Crippen molar-refractivity contribution < 1.29 is 18.0 Å². The molecule has 25 heavy (non-hydrogen) atoms. The van der Waals surface area contributed by atoms with E-state index in [1.54, 1.807) is 29.2 Å². The second-order valence-electron chi connectivity index (χ2n) is 6.09. The van der Waals surface area contributed by atoms with Crippen molar-refractivity contribution in [3.63, 3.8) is 0 Å². The first kappa shape index (κ1) is 19.4. The van der Waals surface area contributed by atoms with Gasteiger partial charge in [-0.05, 0) is 17.7 Å². The summed E-state index contributed by atoms with van der Waals surface area (Å²) >= 11 is 0. The Morgan fingerprint density at radius 2 is 1.64 bits per heavy atom. The maximum Gasteiger partial charge on any atom is 0.281 e. The van der Waals surface area contributed by atoms with E-state index in [9.17, 15) is 18.0 Å². The van der Waals surface area contributed by atoms with Gasteiger partial charge < -0.3 is 10.2 Å². The molecule has 1 aliphatic rings. The van der Waals surface area contributed by atoms with Gasteiger partial charge in [-0.2, -0.15) is 17.0 Å². The summed E-state index contributed by atoms with van der Waals surface area (Å²) in [6, 6.07) is 7.05. The third-order valence-electron chi connectivity index (χ3n) is 4.06. The van der Waals surface area contributed by atoms with E-state index in [-0.39, 0.29) is 24.9 Å². The molecule has 2 amide bonds. The van der Waals surface area contributed by atoms with E-state index in [0.29, 0.717) is 25.2 Å². The van der Waals surface area contributed by atoms with Gasteiger partial charge in [-0.1, -0.05) is 12.1 Å². The van der Waals surface area contributed by atoms with Crippen LogP contribution in [-0.2, 0) is 21.5 Å². The van der Waals surface area contributed by atoms with Gasteiger partial charge in [-0.15, -0.1) is 0 Å². The minimum atomic E-state index is -3.44. The largest absolute Gasteiger partial charge is 0.352 e. The van der Waals surface area contributed by atoms with Gasteiger partial charge in [0.1, 0.15) is 0 Å². The molecule has 0 atom stereocenters. The first-order chi connectivity index (χ1) is 11.7. The monoisotopic (exact) mass is 368 g/mol. The fraction of sp³-hybridized carbons (Fsp3) is 0.500. The zero-order chi connectivity index (χ0) is 18.6. The second kappa shape index (κ2) is 7.94. The number of rotatable bonds is 5. The van der Waals surface area contributed by atoms with E-state index >= 15 is 0 Å². The molecule has 0 aliphatic carbocycles. The molecule has 1 aliphatic heterocycles. The number of benzene rings is 1. The third-order valence-corrected chi connectivity index (χ3v) is 6.00. The summed E-state index contributed by atoms with van der Waals surface area (Å²) in [4.78, 5) is 25.1. The predicted octanol–water partition coefficient (Wildman–Crippen LogP) is -0.113. The van der Waals surface area contributed by atoms with Crippen molar-refractivity contribution in [2.24, 2.45) is 0 Å². The van der Waals surface area contributed by atoms with Crippen LogP contribution >= 0.6 is 0 Å². The van der Waals surface area contributed by atoms with Crippen LogP contribution in [-0.4, -0.2) is 74.0 Å². The highest BCUT2D eigenvalue weighted by molar-refractivity contribution is 7.86. The molecule has 1 heterocycles. The highest BCUT2D eigenvalue weighted by atomic mass is 32.2. The molecule has 0 saturated carbocycles. The van der Waals surface area contributed by atoms with Crippen LogP contribution in [0.2, 0.25) is 0 Å². The molecule has 1 fully saturated rings. The second-order valence-corrected chi connectivity index (χ2v) is 8.23. The van der Waals surface area contributed by atoms with Crippen LogP contribution in [0.1, 0.15) is 22.8 Å². The number of nitrogens with zero attached hydrogens (tertiary/aromatic N) is 3. The minimum Gasteiger partial charge on any atom is -0.352 e. The highest BCUT2D eigenvalue weighted by Crippen LogP contribution is 2.13. The molecule has 2 rings (SSSR count). The average molecular weight is 368 g/mol. The normalized spacial score (nSPS) is 16.1. The van der Waals surface area contributed by atoms with Crippen LogP contribution in [0.4, 0.5) is 0 Å². The van der Waals surface area contributed by atoms with Crippen molar-refractivity contribution in [1.29, 1.82) is 0 Å². The lowest BCUT2D eigenvalue weighted by Crippen LogP contribution is -2.53. The van der Waals surface area contributed by atoms with Gasteiger partial charge in [-0.25, -0.2) is 0 Å². The summed E-state index contributed by atoms with van der Waals surface area (Å²) in [7, 11) is -0.448. The van der Waals surface area contributed by atoms with Crippen LogP contribution in [0.15, 0.2) is 24.3 Å². The minimum absolute atomic E-state index is 0.106. The zero-order valence-electron chi connectivity index (χ0n) is 14.7. The fourth-order valence-corrected chi connectivity index (χ4v) is 3.61. The molecule has 138 valence electrons. The van der Waals surface area contributed by atoms with E-state index in [1.165, 1.54) is 29.6 Å². The van der Waals surface area contributed by atoms with Crippen molar-refractivity contribution in [1.82, 2.24) is 18.8 Å². The van der Waals surface area contributed by atoms with E-state index in [4.69, 9.17) is 0 Å². The lowest BCUT2D eigenvalue weighted by molar-refractivity contribution is -0.119. The molecule has 0 bridgehead atoms. The quantitative estimate of drug-likeness (QED) is 0.785. The summed E-state index contributed by atoms with van der Waals surface area (Å²) in [6.45, 7) is 3.16. The van der Waals surface area contributed by atoms with E-state index in [0.717, 1.165) is 5.56 Å². The Balaban J connectivity index is 1.95. The zero-order valence-corrected chi connectivity index (χ0v) is 15.5. The number of carbonyl (C=O) groups excluding carboxylic acids is 2. The van der Waals surface area contributed by atoms with Crippen molar-refractivity contribution in [2.45, 2.75) is 13.5 Å². The van der Waals surface area contributed by atoms with Gasteiger partial charge in [0.2, 0.25) is 5.91 Å². The summed E-state index contributed by atoms with van der Waals surface area (Å²) in [6.07, 6.45) is 0. The Morgan fingerprint density at radius 1 is 1.08 bits per heavy atom. The van der Waals surface area contributed by atoms with Gasteiger partial charge in [0, 0.05) is 59.3 Å². The van der Waals surface area contributed by atoms with Crippen LogP contribution in [0.5, 0.6) is 0 Å². The lowest BCUT2D eigenvalue weighted by Gasteiger charge is -2.35. The fourth-order valence-electron chi connectivity index (χ4n) is 2.53. The van der Waals surface area contributed by atoms with Crippen molar-refractivity contribution in [3.8, 4) is 0 Å². The molecule has 0 aromatic heterocycles. The molecule has 0 unspecified atom stereocenters. The molecule has 1 aromatic rings. The summed E-state index contributed by atoms with van der Waals surface area (Å²) < 4.78 is 26.8. The Labute approximate surface area is 148 Å². The van der Waals surface area contributed by atoms with Gasteiger partial charge >= 0.3 is 0 Å². The number of carbonyl (C=O) groups is 2. The molecule has 8 nitrogen and oxygen atoms in total. The molecule has 9 heteroatoms. The summed E-state index contributed by atoms with van der Waals surface area (Å²) in [5.41, 5.74) is 1.46. The summed E-state index contributed by atoms with van der Waals surface area (Å²) in [5.74, 6) is -0.223. The predicted molar refractivity (Wildman–Crippen MR) is 94.0 cm³/mol. The average Bonchev–Trinajstić information content (AvgIpc) is 2.59. The Kier molecular flexibility index (Phi) is 6.15. The lowest BCUT2D eigenvalue weighted by atomic mass is 10.1. The standard InChI is InChI=1S/C16H24N4O4S/c1-13(21)17-12-14-4-6-15(7-5-14)16(22)19-8-10-20(11-9-19)25(23,24)18(2)3/h4-7H,8-12H2,1-3H3,(H,17,21). The summed E-state index contributed by atoms with van der Waals surface area (Å²) in [5, 5.41) is 2.70. The number of hydrogen-bond donors (Lipinski definition) is 1. The van der Waals surface area contributed by atoms with Gasteiger partial charge in [0.25, 0.3) is 16.1 Å². The first-order valence-electron chi connectivity index (χ1n) is 8.02. The molecule has 1 saturated heterocycles. The molecule has 1 N–H and O–H groups in total. The molecule has 0 radical (unpaired) electrons. The molecular formula is C16H24N4O4S. The number of hydrogen-bond acceptors (Lipinski definition) is 4. The SMILES string of the molecule is CC(=O)NCc1ccc(C(=O)N2CCN(S(=O)(=O)N(C)C)CC2)cc1. The van der Waals surface area contributed by atoms with E-state index in [1.807, 2.05) is 0 Å².